The highest BCUT2D eigenvalue weighted by Gasteiger charge is 2.36. The predicted molar refractivity (Wildman–Crippen MR) is 91.3 cm³/mol. The molecule has 1 fully saturated rings. The highest BCUT2D eigenvalue weighted by atomic mass is 35.5. The molecule has 1 N–H and O–H groups in total. The van der Waals surface area contributed by atoms with Gasteiger partial charge in [0.25, 0.3) is 0 Å². The Labute approximate surface area is 144 Å². The fraction of sp³-hybridized carbons (Fsp3) is 0.235. The number of nitrogens with zero attached hydrogens (tertiary/aromatic N) is 2. The molecule has 2 amide bonds. The van der Waals surface area contributed by atoms with Crippen LogP contribution in [0.5, 0.6) is 5.75 Å². The summed E-state index contributed by atoms with van der Waals surface area (Å²) in [6.07, 6.45) is 3.33. The summed E-state index contributed by atoms with van der Waals surface area (Å²) < 4.78 is 5.29. The maximum Gasteiger partial charge on any atom is 0.229 e. The van der Waals surface area contributed by atoms with E-state index in [1.807, 2.05) is 0 Å². The normalized spacial score (nSPS) is 17.0. The largest absolute Gasteiger partial charge is 0.495 e. The number of nitrogens with one attached hydrogen (secondary N) is 1. The van der Waals surface area contributed by atoms with E-state index in [-0.39, 0.29) is 24.8 Å². The van der Waals surface area contributed by atoms with Gasteiger partial charge in [0.05, 0.1) is 30.6 Å². The van der Waals surface area contributed by atoms with Crippen LogP contribution in [-0.4, -0.2) is 30.5 Å². The van der Waals surface area contributed by atoms with E-state index in [4.69, 9.17) is 16.3 Å². The number of anilines is 2. The molecule has 0 saturated carbocycles. The molecule has 2 heterocycles. The maximum atomic E-state index is 12.4. The lowest BCUT2D eigenvalue weighted by molar-refractivity contribution is -0.122. The fourth-order valence-corrected chi connectivity index (χ4v) is 2.84. The summed E-state index contributed by atoms with van der Waals surface area (Å²) in [6, 6.07) is 8.54. The van der Waals surface area contributed by atoms with Crippen molar-refractivity contribution in [1.82, 2.24) is 4.98 Å². The minimum absolute atomic E-state index is 0.137. The number of rotatable bonds is 4. The molecule has 0 radical (unpaired) electrons. The van der Waals surface area contributed by atoms with Gasteiger partial charge >= 0.3 is 0 Å². The van der Waals surface area contributed by atoms with Gasteiger partial charge in [-0.2, -0.15) is 0 Å². The SMILES string of the molecule is COc1ccc(Cl)cc1N1C[C@H](C(=O)Nc2cccnc2)CC1=O. The molecule has 24 heavy (non-hydrogen) atoms. The Morgan fingerprint density at radius 2 is 2.25 bits per heavy atom. The molecule has 0 unspecified atom stereocenters. The first-order valence-electron chi connectivity index (χ1n) is 7.43. The van der Waals surface area contributed by atoms with Crippen molar-refractivity contribution in [3.05, 3.63) is 47.7 Å². The molecule has 0 aliphatic carbocycles. The smallest absolute Gasteiger partial charge is 0.229 e. The lowest BCUT2D eigenvalue weighted by atomic mass is 10.1. The van der Waals surface area contributed by atoms with Crippen LogP contribution in [0.2, 0.25) is 5.02 Å². The van der Waals surface area contributed by atoms with Crippen molar-refractivity contribution in [2.24, 2.45) is 5.92 Å². The van der Waals surface area contributed by atoms with Crippen LogP contribution in [-0.2, 0) is 9.59 Å². The van der Waals surface area contributed by atoms with Crippen LogP contribution in [0.1, 0.15) is 6.42 Å². The molecule has 7 heteroatoms. The zero-order chi connectivity index (χ0) is 17.1. The first kappa shape index (κ1) is 16.3. The number of pyridine rings is 1. The van der Waals surface area contributed by atoms with Crippen LogP contribution in [0.4, 0.5) is 11.4 Å². The van der Waals surface area contributed by atoms with E-state index < -0.39 is 5.92 Å². The molecule has 1 saturated heterocycles. The molecule has 124 valence electrons. The van der Waals surface area contributed by atoms with Crippen molar-refractivity contribution in [1.29, 1.82) is 0 Å². The zero-order valence-electron chi connectivity index (χ0n) is 13.0. The third kappa shape index (κ3) is 3.33. The summed E-state index contributed by atoms with van der Waals surface area (Å²) in [5.41, 5.74) is 1.18. The Balaban J connectivity index is 1.76. The second-order valence-electron chi connectivity index (χ2n) is 5.45. The summed E-state index contributed by atoms with van der Waals surface area (Å²) in [4.78, 5) is 30.2. The first-order valence-corrected chi connectivity index (χ1v) is 7.81. The van der Waals surface area contributed by atoms with E-state index in [1.54, 1.807) is 42.7 Å². The van der Waals surface area contributed by atoms with Crippen molar-refractivity contribution in [2.75, 3.05) is 23.9 Å². The number of methoxy groups -OCH3 is 1. The number of amides is 2. The Hall–Kier alpha value is -2.60. The highest BCUT2D eigenvalue weighted by molar-refractivity contribution is 6.31. The van der Waals surface area contributed by atoms with Crippen molar-refractivity contribution >= 4 is 34.8 Å². The second-order valence-corrected chi connectivity index (χ2v) is 5.89. The number of carbonyl (C=O) groups excluding carboxylic acids is 2. The van der Waals surface area contributed by atoms with Crippen LogP contribution >= 0.6 is 11.6 Å². The van der Waals surface area contributed by atoms with Crippen LogP contribution in [0.25, 0.3) is 0 Å². The van der Waals surface area contributed by atoms with Crippen LogP contribution in [0.3, 0.4) is 0 Å². The number of halogens is 1. The molecular formula is C17H16ClN3O3. The van der Waals surface area contributed by atoms with E-state index in [0.717, 1.165) is 0 Å². The average molecular weight is 346 g/mol. The van der Waals surface area contributed by atoms with Crippen molar-refractivity contribution in [2.45, 2.75) is 6.42 Å². The number of hydrogen-bond donors (Lipinski definition) is 1. The highest BCUT2D eigenvalue weighted by Crippen LogP contribution is 2.35. The molecule has 1 aromatic carbocycles. The Bertz CT molecular complexity index is 767. The lowest BCUT2D eigenvalue weighted by Crippen LogP contribution is -2.28. The number of hydrogen-bond acceptors (Lipinski definition) is 4. The zero-order valence-corrected chi connectivity index (χ0v) is 13.8. The summed E-state index contributed by atoms with van der Waals surface area (Å²) in [5, 5.41) is 3.28. The summed E-state index contributed by atoms with van der Waals surface area (Å²) in [7, 11) is 1.53. The molecule has 1 atom stereocenters. The van der Waals surface area contributed by atoms with Gasteiger partial charge in [0, 0.05) is 24.2 Å². The molecule has 0 spiro atoms. The van der Waals surface area contributed by atoms with Crippen LogP contribution in [0, 0.1) is 5.92 Å². The fourth-order valence-electron chi connectivity index (χ4n) is 2.67. The monoisotopic (exact) mass is 345 g/mol. The Kier molecular flexibility index (Phi) is 4.66. The van der Waals surface area contributed by atoms with Crippen molar-refractivity contribution in [3.63, 3.8) is 0 Å². The van der Waals surface area contributed by atoms with E-state index >= 15 is 0 Å². The predicted octanol–water partition coefficient (Wildman–Crippen LogP) is 2.74. The molecule has 2 aromatic rings. The molecule has 0 bridgehead atoms. The van der Waals surface area contributed by atoms with Crippen LogP contribution in [0.15, 0.2) is 42.7 Å². The third-order valence-corrected chi connectivity index (χ3v) is 4.09. The van der Waals surface area contributed by atoms with Crippen molar-refractivity contribution in [3.8, 4) is 5.75 Å². The molecular weight excluding hydrogens is 330 g/mol. The van der Waals surface area contributed by atoms with Gasteiger partial charge in [-0.1, -0.05) is 11.6 Å². The van der Waals surface area contributed by atoms with E-state index in [2.05, 4.69) is 10.3 Å². The van der Waals surface area contributed by atoms with E-state index in [0.29, 0.717) is 22.1 Å². The third-order valence-electron chi connectivity index (χ3n) is 3.86. The molecule has 1 aromatic heterocycles. The van der Waals surface area contributed by atoms with Gasteiger partial charge in [-0.15, -0.1) is 0 Å². The molecule has 3 rings (SSSR count). The van der Waals surface area contributed by atoms with Crippen molar-refractivity contribution < 1.29 is 14.3 Å². The average Bonchev–Trinajstić information content (AvgIpc) is 2.97. The quantitative estimate of drug-likeness (QED) is 0.924. The number of aromatic nitrogens is 1. The second kappa shape index (κ2) is 6.88. The summed E-state index contributed by atoms with van der Waals surface area (Å²) >= 11 is 6.03. The van der Waals surface area contributed by atoms with Gasteiger partial charge < -0.3 is 15.0 Å². The Morgan fingerprint density at radius 1 is 1.42 bits per heavy atom. The van der Waals surface area contributed by atoms with Crippen LogP contribution < -0.4 is 15.0 Å². The minimum Gasteiger partial charge on any atom is -0.495 e. The van der Waals surface area contributed by atoms with Gasteiger partial charge in [-0.3, -0.25) is 14.6 Å². The Morgan fingerprint density at radius 3 is 2.96 bits per heavy atom. The number of ether oxygens (including phenoxy) is 1. The number of benzene rings is 1. The van der Waals surface area contributed by atoms with E-state index in [1.165, 1.54) is 12.0 Å². The van der Waals surface area contributed by atoms with E-state index in [9.17, 15) is 9.59 Å². The van der Waals surface area contributed by atoms with Gasteiger partial charge in [-0.05, 0) is 30.3 Å². The maximum absolute atomic E-state index is 12.4. The molecule has 1 aliphatic rings. The van der Waals surface area contributed by atoms with Gasteiger partial charge in [-0.25, -0.2) is 0 Å². The standard InChI is InChI=1S/C17H16ClN3O3/c1-24-15-5-4-12(18)8-14(15)21-10-11(7-16(21)22)17(23)20-13-3-2-6-19-9-13/h2-6,8-9,11H,7,10H2,1H3,(H,20,23)/t11-/m1/s1. The summed E-state index contributed by atoms with van der Waals surface area (Å²) in [5.74, 6) is -0.246. The van der Waals surface area contributed by atoms with Gasteiger partial charge in [0.1, 0.15) is 5.75 Å². The minimum atomic E-state index is -0.443. The lowest BCUT2D eigenvalue weighted by Gasteiger charge is -2.19. The molecule has 1 aliphatic heterocycles. The number of carbonyl (C=O) groups is 2. The van der Waals surface area contributed by atoms with Gasteiger partial charge in [0.2, 0.25) is 11.8 Å². The molecule has 6 nitrogen and oxygen atoms in total. The van der Waals surface area contributed by atoms with Gasteiger partial charge in [0.15, 0.2) is 0 Å². The summed E-state index contributed by atoms with van der Waals surface area (Å²) in [6.45, 7) is 0.279. The first-order chi connectivity index (χ1) is 11.6. The topological polar surface area (TPSA) is 71.5 Å².